The maximum absolute atomic E-state index is 10.6. The maximum Gasteiger partial charge on any atom is 0.254 e. The van der Waals surface area contributed by atoms with Crippen LogP contribution in [0.4, 0.5) is 0 Å². The van der Waals surface area contributed by atoms with Crippen LogP contribution in [0.25, 0.3) is 0 Å². The van der Waals surface area contributed by atoms with Crippen LogP contribution >= 0.6 is 0 Å². The lowest BCUT2D eigenvalue weighted by Crippen LogP contribution is -2.29. The normalized spacial score (nSPS) is 18.2. The summed E-state index contributed by atoms with van der Waals surface area (Å²) >= 11 is 0. The Bertz CT molecular complexity index is 172. The van der Waals surface area contributed by atoms with Crippen LogP contribution in [0.2, 0.25) is 0 Å². The number of carbonyl (C=O) groups is 2. The van der Waals surface area contributed by atoms with Crippen molar-refractivity contribution in [2.75, 3.05) is 6.54 Å². The van der Waals surface area contributed by atoms with Gasteiger partial charge in [-0.25, -0.2) is 0 Å². The van der Waals surface area contributed by atoms with Gasteiger partial charge in [0.1, 0.15) is 0 Å². The van der Waals surface area contributed by atoms with Gasteiger partial charge < -0.3 is 5.32 Å². The lowest BCUT2D eigenvalue weighted by molar-refractivity contribution is -0.119. The number of carbonyl (C=O) groups excluding carboxylic acids is 2. The summed E-state index contributed by atoms with van der Waals surface area (Å²) in [6.45, 7) is 0.649. The minimum absolute atomic E-state index is 0.251. The highest BCUT2D eigenvalue weighted by molar-refractivity contribution is 6.10. The number of amides is 1. The summed E-state index contributed by atoms with van der Waals surface area (Å²) in [5, 5.41) is 2.54. The summed E-state index contributed by atoms with van der Waals surface area (Å²) in [6.07, 6.45) is 2.99. The van der Waals surface area contributed by atoms with Crippen LogP contribution in [0.15, 0.2) is 11.6 Å². The second-order valence-electron chi connectivity index (χ2n) is 1.82. The predicted molar refractivity (Wildman–Crippen MR) is 31.8 cm³/mol. The summed E-state index contributed by atoms with van der Waals surface area (Å²) in [5.74, 6) is -0.253. The zero-order valence-electron chi connectivity index (χ0n) is 4.89. The minimum atomic E-state index is -0.253. The average Bonchev–Trinajstić information content (AvgIpc) is 1.89. The molecule has 1 aliphatic rings. The molecule has 0 saturated heterocycles. The summed E-state index contributed by atoms with van der Waals surface area (Å²) in [6, 6.07) is 0. The van der Waals surface area contributed by atoms with E-state index in [-0.39, 0.29) is 11.5 Å². The molecule has 3 nitrogen and oxygen atoms in total. The first kappa shape index (κ1) is 6.01. The molecule has 0 aliphatic carbocycles. The number of nitrogens with one attached hydrogen (secondary N) is 1. The Labute approximate surface area is 52.7 Å². The Balaban J connectivity index is 2.75. The molecule has 0 saturated carbocycles. The van der Waals surface area contributed by atoms with Gasteiger partial charge in [-0.3, -0.25) is 9.59 Å². The lowest BCUT2D eigenvalue weighted by Gasteiger charge is -2.07. The molecule has 1 heterocycles. The van der Waals surface area contributed by atoms with Crippen molar-refractivity contribution in [2.24, 2.45) is 0 Å². The first-order valence-corrected chi connectivity index (χ1v) is 2.78. The zero-order chi connectivity index (χ0) is 6.69. The van der Waals surface area contributed by atoms with Crippen molar-refractivity contribution in [1.82, 2.24) is 5.32 Å². The van der Waals surface area contributed by atoms with Crippen LogP contribution in [0.5, 0.6) is 0 Å². The van der Waals surface area contributed by atoms with Gasteiger partial charge in [0.2, 0.25) is 0 Å². The fourth-order valence-corrected chi connectivity index (χ4v) is 0.710. The molecule has 48 valence electrons. The van der Waals surface area contributed by atoms with Gasteiger partial charge in [-0.1, -0.05) is 6.08 Å². The molecule has 0 unspecified atom stereocenters. The molecule has 1 aliphatic heterocycles. The van der Waals surface area contributed by atoms with Gasteiger partial charge in [0.05, 0.1) is 5.57 Å². The molecule has 0 aromatic heterocycles. The third-order valence-corrected chi connectivity index (χ3v) is 1.18. The minimum Gasteiger partial charge on any atom is -0.352 e. The van der Waals surface area contributed by atoms with E-state index in [9.17, 15) is 9.59 Å². The molecular weight excluding hydrogens is 118 g/mol. The average molecular weight is 125 g/mol. The molecule has 0 aromatic rings. The molecule has 0 bridgehead atoms. The number of hydrogen-bond donors (Lipinski definition) is 1. The Kier molecular flexibility index (Phi) is 1.63. The second kappa shape index (κ2) is 2.44. The van der Waals surface area contributed by atoms with Crippen LogP contribution in [0, 0.1) is 0 Å². The maximum atomic E-state index is 10.6. The van der Waals surface area contributed by atoms with Crippen LogP contribution in [-0.4, -0.2) is 18.7 Å². The monoisotopic (exact) mass is 125 g/mol. The Morgan fingerprint density at radius 3 is 2.89 bits per heavy atom. The zero-order valence-corrected chi connectivity index (χ0v) is 4.89. The fourth-order valence-electron chi connectivity index (χ4n) is 0.710. The Morgan fingerprint density at radius 1 is 1.67 bits per heavy atom. The van der Waals surface area contributed by atoms with Crippen molar-refractivity contribution in [2.45, 2.75) is 6.42 Å². The molecular formula is C6H7NO2. The van der Waals surface area contributed by atoms with Gasteiger partial charge in [-0.2, -0.15) is 0 Å². The van der Waals surface area contributed by atoms with E-state index in [0.29, 0.717) is 12.8 Å². The molecule has 1 amide bonds. The number of rotatable bonds is 1. The summed E-state index contributed by atoms with van der Waals surface area (Å²) in [4.78, 5) is 20.7. The molecule has 1 rings (SSSR count). The largest absolute Gasteiger partial charge is 0.352 e. The fraction of sp³-hybridized carbons (Fsp3) is 0.333. The van der Waals surface area contributed by atoms with E-state index < -0.39 is 0 Å². The van der Waals surface area contributed by atoms with Crippen molar-refractivity contribution in [3.8, 4) is 0 Å². The van der Waals surface area contributed by atoms with Gasteiger partial charge in [0, 0.05) is 6.54 Å². The molecule has 0 spiro atoms. The van der Waals surface area contributed by atoms with Crippen molar-refractivity contribution in [3.05, 3.63) is 11.6 Å². The molecule has 0 radical (unpaired) electrons. The Morgan fingerprint density at radius 2 is 2.44 bits per heavy atom. The van der Waals surface area contributed by atoms with E-state index in [1.54, 1.807) is 6.08 Å². The van der Waals surface area contributed by atoms with Gasteiger partial charge in [0.25, 0.3) is 5.91 Å². The molecule has 0 atom stereocenters. The molecule has 1 N–H and O–H groups in total. The van der Waals surface area contributed by atoms with Crippen molar-refractivity contribution < 1.29 is 9.59 Å². The highest BCUT2D eigenvalue weighted by Gasteiger charge is 2.09. The van der Waals surface area contributed by atoms with Crippen LogP contribution in [-0.2, 0) is 9.59 Å². The summed E-state index contributed by atoms with van der Waals surface area (Å²) < 4.78 is 0. The summed E-state index contributed by atoms with van der Waals surface area (Å²) in [7, 11) is 0. The quantitative estimate of drug-likeness (QED) is 0.384. The van der Waals surface area contributed by atoms with E-state index in [1.807, 2.05) is 0 Å². The molecule has 0 aromatic carbocycles. The first-order valence-electron chi connectivity index (χ1n) is 2.78. The topological polar surface area (TPSA) is 46.2 Å². The van der Waals surface area contributed by atoms with Gasteiger partial charge in [-0.15, -0.1) is 0 Å². The van der Waals surface area contributed by atoms with Crippen LogP contribution < -0.4 is 5.32 Å². The third-order valence-electron chi connectivity index (χ3n) is 1.18. The predicted octanol–water partition coefficient (Wildman–Crippen LogP) is -0.368. The van der Waals surface area contributed by atoms with Gasteiger partial charge in [-0.05, 0) is 6.42 Å². The number of hydrogen-bond acceptors (Lipinski definition) is 2. The standard InChI is InChI=1S/C6H7NO2/c8-4-5-2-1-3-7-6(5)9/h2,4H,1,3H2,(H,7,9). The Hall–Kier alpha value is -1.12. The lowest BCUT2D eigenvalue weighted by atomic mass is 10.2. The molecule has 9 heavy (non-hydrogen) atoms. The smallest absolute Gasteiger partial charge is 0.254 e. The highest BCUT2D eigenvalue weighted by atomic mass is 16.2. The van der Waals surface area contributed by atoms with Gasteiger partial charge >= 0.3 is 0 Å². The van der Waals surface area contributed by atoms with Crippen molar-refractivity contribution >= 4 is 12.2 Å². The van der Waals surface area contributed by atoms with Crippen LogP contribution in [0.3, 0.4) is 0 Å². The summed E-state index contributed by atoms with van der Waals surface area (Å²) in [5.41, 5.74) is 0.251. The highest BCUT2D eigenvalue weighted by Crippen LogP contribution is 1.97. The third kappa shape index (κ3) is 1.16. The van der Waals surface area contributed by atoms with Gasteiger partial charge in [0.15, 0.2) is 6.29 Å². The van der Waals surface area contributed by atoms with E-state index >= 15 is 0 Å². The SMILES string of the molecule is O=CC1=CCCNC1=O. The van der Waals surface area contributed by atoms with E-state index in [2.05, 4.69) is 5.32 Å². The molecule has 0 fully saturated rings. The first-order chi connectivity index (χ1) is 4.34. The van der Waals surface area contributed by atoms with Crippen LogP contribution in [0.1, 0.15) is 6.42 Å². The number of aldehydes is 1. The molecule has 3 heteroatoms. The van der Waals surface area contributed by atoms with E-state index in [4.69, 9.17) is 0 Å². The van der Waals surface area contributed by atoms with E-state index in [0.717, 1.165) is 6.42 Å². The second-order valence-corrected chi connectivity index (χ2v) is 1.82. The van der Waals surface area contributed by atoms with E-state index in [1.165, 1.54) is 0 Å². The van der Waals surface area contributed by atoms with Crippen molar-refractivity contribution in [1.29, 1.82) is 0 Å². The van der Waals surface area contributed by atoms with Crippen molar-refractivity contribution in [3.63, 3.8) is 0 Å².